The molecular weight excluding hydrogens is 430 g/mol. The third-order valence-corrected chi connectivity index (χ3v) is 6.06. The van der Waals surface area contributed by atoms with Crippen molar-refractivity contribution in [2.24, 2.45) is 5.92 Å². The number of fused-ring (bicyclic) bond motifs is 1. The molecule has 1 aliphatic rings. The maximum Gasteiger partial charge on any atom is 0.243 e. The van der Waals surface area contributed by atoms with Gasteiger partial charge in [-0.2, -0.15) is 0 Å². The van der Waals surface area contributed by atoms with Crippen LogP contribution in [0.1, 0.15) is 25.0 Å². The Bertz CT molecular complexity index is 1170. The third-order valence-electron chi connectivity index (χ3n) is 6.06. The van der Waals surface area contributed by atoms with Gasteiger partial charge in [-0.1, -0.05) is 44.2 Å². The van der Waals surface area contributed by atoms with E-state index in [1.165, 1.54) is 0 Å². The molecule has 8 heteroatoms. The number of H-pyrrole nitrogens is 1. The van der Waals surface area contributed by atoms with Gasteiger partial charge in [-0.15, -0.1) is 0 Å². The van der Waals surface area contributed by atoms with Gasteiger partial charge in [0.15, 0.2) is 0 Å². The lowest BCUT2D eigenvalue weighted by Crippen LogP contribution is -2.49. The van der Waals surface area contributed by atoms with Gasteiger partial charge in [0.25, 0.3) is 0 Å². The highest BCUT2D eigenvalue weighted by atomic mass is 16.2. The van der Waals surface area contributed by atoms with Gasteiger partial charge in [0.2, 0.25) is 17.7 Å². The summed E-state index contributed by atoms with van der Waals surface area (Å²) in [6, 6.07) is 15.1. The molecule has 1 atom stereocenters. The van der Waals surface area contributed by atoms with Crippen molar-refractivity contribution in [3.63, 3.8) is 0 Å². The first kappa shape index (κ1) is 23.4. The lowest BCUT2D eigenvalue weighted by Gasteiger charge is -2.28. The number of rotatable bonds is 8. The molecule has 1 aromatic heterocycles. The van der Waals surface area contributed by atoms with Crippen LogP contribution >= 0.6 is 0 Å². The standard InChI is InChI=1S/C26H31N5O3/c1-17(2)25(33)30-23(13-19-15-28-22-6-4-3-5-21(19)22)26(34)29-14-18-7-9-20(10-8-18)31-12-11-27-24(32)16-31/h3-10,15,17,23,28H,11-14,16H2,1-2H3,(H,27,32)(H,29,34)(H,30,33). The van der Waals surface area contributed by atoms with Crippen LogP contribution in [0.2, 0.25) is 0 Å². The van der Waals surface area contributed by atoms with Crippen molar-refractivity contribution >= 4 is 34.3 Å². The van der Waals surface area contributed by atoms with Crippen LogP contribution in [-0.2, 0) is 27.3 Å². The van der Waals surface area contributed by atoms with Crippen LogP contribution in [0.3, 0.4) is 0 Å². The number of benzene rings is 2. The maximum absolute atomic E-state index is 13.1. The number of carbonyl (C=O) groups is 3. The first-order valence-corrected chi connectivity index (χ1v) is 11.6. The van der Waals surface area contributed by atoms with Crippen LogP contribution in [0.15, 0.2) is 54.7 Å². The largest absolute Gasteiger partial charge is 0.361 e. The molecule has 0 spiro atoms. The number of aromatic nitrogens is 1. The van der Waals surface area contributed by atoms with Crippen LogP contribution in [0.5, 0.6) is 0 Å². The number of nitrogens with one attached hydrogen (secondary N) is 4. The molecule has 0 aliphatic carbocycles. The second-order valence-corrected chi connectivity index (χ2v) is 8.94. The van der Waals surface area contributed by atoms with Gasteiger partial charge in [0, 0.05) is 54.8 Å². The molecular formula is C26H31N5O3. The molecule has 3 amide bonds. The molecule has 1 saturated heterocycles. The van der Waals surface area contributed by atoms with Crippen molar-refractivity contribution in [1.82, 2.24) is 20.9 Å². The molecule has 34 heavy (non-hydrogen) atoms. The number of nitrogens with zero attached hydrogens (tertiary/aromatic N) is 1. The Morgan fingerprint density at radius 3 is 2.56 bits per heavy atom. The highest BCUT2D eigenvalue weighted by Gasteiger charge is 2.23. The molecule has 3 aromatic rings. The fourth-order valence-electron chi connectivity index (χ4n) is 4.06. The van der Waals surface area contributed by atoms with Crippen molar-refractivity contribution in [2.45, 2.75) is 32.9 Å². The lowest BCUT2D eigenvalue weighted by atomic mass is 10.0. The number of aromatic amines is 1. The summed E-state index contributed by atoms with van der Waals surface area (Å²) in [4.78, 5) is 42.4. The first-order valence-electron chi connectivity index (χ1n) is 11.6. The molecule has 4 N–H and O–H groups in total. The van der Waals surface area contributed by atoms with Gasteiger partial charge in [-0.05, 0) is 29.3 Å². The number of para-hydroxylation sites is 1. The molecule has 0 saturated carbocycles. The predicted molar refractivity (Wildman–Crippen MR) is 132 cm³/mol. The molecule has 2 heterocycles. The Morgan fingerprint density at radius 1 is 1.06 bits per heavy atom. The van der Waals surface area contributed by atoms with Crippen molar-refractivity contribution in [1.29, 1.82) is 0 Å². The highest BCUT2D eigenvalue weighted by Crippen LogP contribution is 2.20. The van der Waals surface area contributed by atoms with E-state index in [-0.39, 0.29) is 23.6 Å². The molecule has 178 valence electrons. The number of piperazine rings is 1. The molecule has 8 nitrogen and oxygen atoms in total. The number of carbonyl (C=O) groups excluding carboxylic acids is 3. The van der Waals surface area contributed by atoms with E-state index in [1.54, 1.807) is 0 Å². The molecule has 1 unspecified atom stereocenters. The van der Waals surface area contributed by atoms with E-state index in [4.69, 9.17) is 0 Å². The molecule has 4 rings (SSSR count). The number of hydrogen-bond donors (Lipinski definition) is 4. The normalized spacial score (nSPS) is 14.7. The molecule has 0 radical (unpaired) electrons. The third kappa shape index (κ3) is 5.57. The average Bonchev–Trinajstić information content (AvgIpc) is 3.25. The number of amides is 3. The van der Waals surface area contributed by atoms with Crippen LogP contribution in [-0.4, -0.2) is 48.4 Å². The zero-order valence-corrected chi connectivity index (χ0v) is 19.6. The highest BCUT2D eigenvalue weighted by molar-refractivity contribution is 5.90. The van der Waals surface area contributed by atoms with E-state index in [2.05, 4.69) is 20.9 Å². The van der Waals surface area contributed by atoms with Gasteiger partial charge in [-0.3, -0.25) is 14.4 Å². The minimum Gasteiger partial charge on any atom is -0.361 e. The summed E-state index contributed by atoms with van der Waals surface area (Å²) in [6.45, 7) is 5.72. The molecule has 0 bridgehead atoms. The van der Waals surface area contributed by atoms with E-state index in [9.17, 15) is 14.4 Å². The average molecular weight is 462 g/mol. The maximum atomic E-state index is 13.1. The zero-order valence-electron chi connectivity index (χ0n) is 19.6. The quantitative estimate of drug-likeness (QED) is 0.412. The summed E-state index contributed by atoms with van der Waals surface area (Å²) < 4.78 is 0. The summed E-state index contributed by atoms with van der Waals surface area (Å²) in [5, 5.41) is 9.74. The Morgan fingerprint density at radius 2 is 1.82 bits per heavy atom. The van der Waals surface area contributed by atoms with Crippen LogP contribution < -0.4 is 20.9 Å². The minimum absolute atomic E-state index is 0.0206. The lowest BCUT2D eigenvalue weighted by molar-refractivity contribution is -0.130. The van der Waals surface area contributed by atoms with Gasteiger partial charge in [0.1, 0.15) is 6.04 Å². The fourth-order valence-corrected chi connectivity index (χ4v) is 4.06. The molecule has 1 aliphatic heterocycles. The Hall–Kier alpha value is -3.81. The van der Waals surface area contributed by atoms with Crippen molar-refractivity contribution in [3.05, 3.63) is 65.9 Å². The number of hydrogen-bond acceptors (Lipinski definition) is 4. The van der Waals surface area contributed by atoms with E-state index in [0.717, 1.165) is 34.3 Å². The van der Waals surface area contributed by atoms with Gasteiger partial charge in [0.05, 0.1) is 6.54 Å². The summed E-state index contributed by atoms with van der Waals surface area (Å²) in [5.41, 5.74) is 3.90. The summed E-state index contributed by atoms with van der Waals surface area (Å²) in [5.74, 6) is -0.582. The van der Waals surface area contributed by atoms with Crippen LogP contribution in [0.4, 0.5) is 5.69 Å². The zero-order chi connectivity index (χ0) is 24.1. The van der Waals surface area contributed by atoms with E-state index in [0.29, 0.717) is 26.1 Å². The Kier molecular flexibility index (Phi) is 7.15. The fraction of sp³-hybridized carbons (Fsp3) is 0.346. The smallest absolute Gasteiger partial charge is 0.243 e. The number of anilines is 1. The Balaban J connectivity index is 1.41. The van der Waals surface area contributed by atoms with Crippen molar-refractivity contribution in [3.8, 4) is 0 Å². The Labute approximate surface area is 199 Å². The van der Waals surface area contributed by atoms with E-state index >= 15 is 0 Å². The van der Waals surface area contributed by atoms with Gasteiger partial charge in [-0.25, -0.2) is 0 Å². The SMILES string of the molecule is CC(C)C(=O)NC(Cc1c[nH]c2ccccc12)C(=O)NCc1ccc(N2CCNC(=O)C2)cc1. The molecule has 1 fully saturated rings. The van der Waals surface area contributed by atoms with E-state index < -0.39 is 6.04 Å². The van der Waals surface area contributed by atoms with Crippen molar-refractivity contribution in [2.75, 3.05) is 24.5 Å². The predicted octanol–water partition coefficient (Wildman–Crippen LogP) is 2.10. The summed E-state index contributed by atoms with van der Waals surface area (Å²) in [6.07, 6.45) is 2.29. The second-order valence-electron chi connectivity index (χ2n) is 8.94. The first-order chi connectivity index (χ1) is 16.4. The molecule has 2 aromatic carbocycles. The summed E-state index contributed by atoms with van der Waals surface area (Å²) >= 11 is 0. The summed E-state index contributed by atoms with van der Waals surface area (Å²) in [7, 11) is 0. The monoisotopic (exact) mass is 461 g/mol. The van der Waals surface area contributed by atoms with Crippen LogP contribution in [0.25, 0.3) is 10.9 Å². The van der Waals surface area contributed by atoms with Crippen LogP contribution in [0, 0.1) is 5.92 Å². The van der Waals surface area contributed by atoms with Gasteiger partial charge < -0.3 is 25.8 Å². The minimum atomic E-state index is -0.680. The second kappa shape index (κ2) is 10.4. The van der Waals surface area contributed by atoms with E-state index in [1.807, 2.05) is 73.5 Å². The van der Waals surface area contributed by atoms with Crippen molar-refractivity contribution < 1.29 is 14.4 Å². The van der Waals surface area contributed by atoms with Gasteiger partial charge >= 0.3 is 0 Å². The topological polar surface area (TPSA) is 106 Å².